The van der Waals surface area contributed by atoms with E-state index in [2.05, 4.69) is 62.5 Å². The molecular formula is C14H18. The van der Waals surface area contributed by atoms with E-state index >= 15 is 0 Å². The molecule has 0 aromatic heterocycles. The Morgan fingerprint density at radius 1 is 0.714 bits per heavy atom. The zero-order valence-electron chi connectivity index (χ0n) is 9.03. The summed E-state index contributed by atoms with van der Waals surface area (Å²) >= 11 is 0. The number of rotatable bonds is 1. The van der Waals surface area contributed by atoms with Crippen LogP contribution < -0.4 is 0 Å². The first kappa shape index (κ1) is 9.51. The molecule has 2 rings (SSSR count). The Bertz CT molecular complexity index is 296. The highest BCUT2D eigenvalue weighted by Gasteiger charge is 2.40. The van der Waals surface area contributed by atoms with Gasteiger partial charge in [0.25, 0.3) is 0 Å². The smallest absolute Gasteiger partial charge is 0.00175 e. The Morgan fingerprint density at radius 2 is 1.14 bits per heavy atom. The molecule has 0 aromatic rings. The van der Waals surface area contributed by atoms with Crippen LogP contribution in [0.4, 0.5) is 0 Å². The minimum Gasteiger partial charge on any atom is -0.0837 e. The first-order valence-electron chi connectivity index (χ1n) is 5.35. The van der Waals surface area contributed by atoms with Crippen LogP contribution in [0.1, 0.15) is 26.7 Å². The molecule has 0 saturated heterocycles. The fourth-order valence-corrected chi connectivity index (χ4v) is 2.30. The molecule has 0 radical (unpaired) electrons. The fraction of sp³-hybridized carbons (Fsp3) is 0.429. The van der Waals surface area contributed by atoms with E-state index in [9.17, 15) is 0 Å². The molecule has 0 spiro atoms. The second-order valence-electron chi connectivity index (χ2n) is 4.82. The van der Waals surface area contributed by atoms with E-state index in [1.807, 2.05) is 0 Å². The van der Waals surface area contributed by atoms with Crippen molar-refractivity contribution in [3.05, 3.63) is 48.6 Å². The molecule has 14 heavy (non-hydrogen) atoms. The monoisotopic (exact) mass is 186 g/mol. The SMILES string of the molecule is CC1(C2(C)C=CC=CC2)C=CC=CC1. The third-order valence-corrected chi connectivity index (χ3v) is 3.81. The summed E-state index contributed by atoms with van der Waals surface area (Å²) < 4.78 is 0. The second-order valence-corrected chi connectivity index (χ2v) is 4.82. The number of hydrogen-bond acceptors (Lipinski definition) is 0. The topological polar surface area (TPSA) is 0 Å². The summed E-state index contributed by atoms with van der Waals surface area (Å²) in [7, 11) is 0. The molecule has 0 nitrogen and oxygen atoms in total. The van der Waals surface area contributed by atoms with Gasteiger partial charge in [-0.05, 0) is 23.7 Å². The second kappa shape index (κ2) is 3.27. The maximum absolute atomic E-state index is 2.36. The van der Waals surface area contributed by atoms with E-state index in [-0.39, 0.29) is 10.8 Å². The van der Waals surface area contributed by atoms with Crippen LogP contribution in [0.2, 0.25) is 0 Å². The van der Waals surface area contributed by atoms with Gasteiger partial charge in [0.05, 0.1) is 0 Å². The van der Waals surface area contributed by atoms with Crippen LogP contribution in [0, 0.1) is 10.8 Å². The lowest BCUT2D eigenvalue weighted by Crippen LogP contribution is -2.35. The molecule has 2 unspecified atom stereocenters. The van der Waals surface area contributed by atoms with Gasteiger partial charge >= 0.3 is 0 Å². The standard InChI is InChI=1S/C14H18/c1-13(9-5-3-6-10-13)14(2)11-7-4-8-12-14/h3-9,11H,10,12H2,1-2H3. The molecule has 0 heterocycles. The van der Waals surface area contributed by atoms with Crippen molar-refractivity contribution >= 4 is 0 Å². The highest BCUT2D eigenvalue weighted by molar-refractivity contribution is 5.26. The molecule has 0 aromatic carbocycles. The van der Waals surface area contributed by atoms with E-state index in [1.165, 1.54) is 0 Å². The van der Waals surface area contributed by atoms with Crippen LogP contribution in [0.15, 0.2) is 48.6 Å². The lowest BCUT2D eigenvalue weighted by Gasteiger charge is -2.44. The van der Waals surface area contributed by atoms with Gasteiger partial charge in [-0.1, -0.05) is 62.5 Å². The molecular weight excluding hydrogens is 168 g/mol. The van der Waals surface area contributed by atoms with Gasteiger partial charge < -0.3 is 0 Å². The van der Waals surface area contributed by atoms with E-state index in [1.54, 1.807) is 0 Å². The first-order valence-corrected chi connectivity index (χ1v) is 5.35. The molecule has 0 heteroatoms. The van der Waals surface area contributed by atoms with E-state index in [4.69, 9.17) is 0 Å². The summed E-state index contributed by atoms with van der Waals surface area (Å²) in [4.78, 5) is 0. The van der Waals surface area contributed by atoms with E-state index < -0.39 is 0 Å². The van der Waals surface area contributed by atoms with Crippen molar-refractivity contribution < 1.29 is 0 Å². The van der Waals surface area contributed by atoms with E-state index in [0.717, 1.165) is 12.8 Å². The van der Waals surface area contributed by atoms with Crippen molar-refractivity contribution in [2.24, 2.45) is 10.8 Å². The van der Waals surface area contributed by atoms with Gasteiger partial charge in [-0.2, -0.15) is 0 Å². The highest BCUT2D eigenvalue weighted by atomic mass is 14.4. The number of hydrogen-bond donors (Lipinski definition) is 0. The molecule has 2 aliphatic carbocycles. The van der Waals surface area contributed by atoms with Gasteiger partial charge in [0.15, 0.2) is 0 Å². The Hall–Kier alpha value is -1.04. The summed E-state index contributed by atoms with van der Waals surface area (Å²) in [6.45, 7) is 4.72. The summed E-state index contributed by atoms with van der Waals surface area (Å²) in [6, 6.07) is 0. The zero-order chi connectivity index (χ0) is 10.1. The molecule has 0 fully saturated rings. The van der Waals surface area contributed by atoms with Gasteiger partial charge in [0.2, 0.25) is 0 Å². The van der Waals surface area contributed by atoms with Crippen molar-refractivity contribution in [3.8, 4) is 0 Å². The third-order valence-electron chi connectivity index (χ3n) is 3.81. The predicted octanol–water partition coefficient (Wildman–Crippen LogP) is 4.03. The minimum absolute atomic E-state index is 0.281. The lowest BCUT2D eigenvalue weighted by atomic mass is 9.60. The van der Waals surface area contributed by atoms with Gasteiger partial charge in [-0.3, -0.25) is 0 Å². The van der Waals surface area contributed by atoms with Crippen LogP contribution in [0.5, 0.6) is 0 Å². The van der Waals surface area contributed by atoms with Crippen molar-refractivity contribution in [1.29, 1.82) is 0 Å². The van der Waals surface area contributed by atoms with Crippen LogP contribution in [0.3, 0.4) is 0 Å². The van der Waals surface area contributed by atoms with Crippen LogP contribution >= 0.6 is 0 Å². The molecule has 0 aliphatic heterocycles. The van der Waals surface area contributed by atoms with Crippen LogP contribution in [0.25, 0.3) is 0 Å². The zero-order valence-corrected chi connectivity index (χ0v) is 9.03. The maximum Gasteiger partial charge on any atom is -0.00175 e. The predicted molar refractivity (Wildman–Crippen MR) is 62.0 cm³/mol. The minimum atomic E-state index is 0.281. The summed E-state index contributed by atoms with van der Waals surface area (Å²) in [5.41, 5.74) is 0.562. The summed E-state index contributed by atoms with van der Waals surface area (Å²) in [5.74, 6) is 0. The van der Waals surface area contributed by atoms with Crippen LogP contribution in [-0.4, -0.2) is 0 Å². The summed E-state index contributed by atoms with van der Waals surface area (Å²) in [6.07, 6.45) is 20.2. The van der Waals surface area contributed by atoms with Gasteiger partial charge in [-0.15, -0.1) is 0 Å². The average Bonchev–Trinajstić information content (AvgIpc) is 2.20. The maximum atomic E-state index is 2.36. The molecule has 0 bridgehead atoms. The Balaban J connectivity index is 2.29. The van der Waals surface area contributed by atoms with Crippen LogP contribution in [-0.2, 0) is 0 Å². The van der Waals surface area contributed by atoms with Crippen molar-refractivity contribution in [2.75, 3.05) is 0 Å². The van der Waals surface area contributed by atoms with E-state index in [0.29, 0.717) is 0 Å². The molecule has 2 atom stereocenters. The molecule has 0 saturated carbocycles. The Morgan fingerprint density at radius 3 is 1.43 bits per heavy atom. The van der Waals surface area contributed by atoms with Gasteiger partial charge in [0.1, 0.15) is 0 Å². The van der Waals surface area contributed by atoms with Gasteiger partial charge in [-0.25, -0.2) is 0 Å². The van der Waals surface area contributed by atoms with Crippen molar-refractivity contribution in [1.82, 2.24) is 0 Å². The third kappa shape index (κ3) is 1.39. The molecule has 0 N–H and O–H groups in total. The highest BCUT2D eigenvalue weighted by Crippen LogP contribution is 2.49. The van der Waals surface area contributed by atoms with Crippen molar-refractivity contribution in [3.63, 3.8) is 0 Å². The lowest BCUT2D eigenvalue weighted by molar-refractivity contribution is 0.184. The fourth-order valence-electron chi connectivity index (χ4n) is 2.30. The molecule has 0 amide bonds. The summed E-state index contributed by atoms with van der Waals surface area (Å²) in [5, 5.41) is 0. The van der Waals surface area contributed by atoms with Crippen molar-refractivity contribution in [2.45, 2.75) is 26.7 Å². The first-order chi connectivity index (χ1) is 6.66. The Kier molecular flexibility index (Phi) is 2.22. The normalized spacial score (nSPS) is 40.4. The quantitative estimate of drug-likeness (QED) is 0.580. The Labute approximate surface area is 86.7 Å². The largest absolute Gasteiger partial charge is 0.0837 e. The molecule has 2 aliphatic rings. The molecule has 74 valence electrons. The average molecular weight is 186 g/mol. The van der Waals surface area contributed by atoms with Gasteiger partial charge in [0, 0.05) is 0 Å². The number of allylic oxidation sites excluding steroid dienone is 8.